The number of carbonyl (C=O) groups excluding carboxylic acids is 2. The molecule has 0 aromatic carbocycles. The molecule has 1 unspecified atom stereocenters. The van der Waals surface area contributed by atoms with Gasteiger partial charge < -0.3 is 9.80 Å². The van der Waals surface area contributed by atoms with Gasteiger partial charge in [-0.25, -0.2) is 4.98 Å². The molecule has 24 heavy (non-hydrogen) atoms. The molecule has 1 spiro atoms. The highest BCUT2D eigenvalue weighted by Gasteiger charge is 2.55. The van der Waals surface area contributed by atoms with Crippen LogP contribution in [0.5, 0.6) is 0 Å². The number of hydrogen-bond donors (Lipinski definition) is 0. The lowest BCUT2D eigenvalue weighted by Crippen LogP contribution is -2.61. The minimum atomic E-state index is -0.591. The highest BCUT2D eigenvalue weighted by Crippen LogP contribution is 2.42. The van der Waals surface area contributed by atoms with Gasteiger partial charge in [0.1, 0.15) is 11.2 Å². The highest BCUT2D eigenvalue weighted by molar-refractivity contribution is 7.09. The fourth-order valence-corrected chi connectivity index (χ4v) is 5.16. The van der Waals surface area contributed by atoms with Crippen molar-refractivity contribution in [1.82, 2.24) is 14.8 Å². The average Bonchev–Trinajstić information content (AvgIpc) is 3.16. The van der Waals surface area contributed by atoms with Gasteiger partial charge in [-0.3, -0.25) is 9.59 Å². The van der Waals surface area contributed by atoms with Crippen LogP contribution < -0.4 is 0 Å². The van der Waals surface area contributed by atoms with Gasteiger partial charge in [-0.1, -0.05) is 6.92 Å². The predicted molar refractivity (Wildman–Crippen MR) is 93.1 cm³/mol. The van der Waals surface area contributed by atoms with Crippen LogP contribution in [0.1, 0.15) is 67.4 Å². The van der Waals surface area contributed by atoms with E-state index in [1.165, 1.54) is 0 Å². The van der Waals surface area contributed by atoms with Gasteiger partial charge in [0.05, 0.1) is 5.01 Å². The van der Waals surface area contributed by atoms with Crippen LogP contribution in [-0.2, 0) is 11.2 Å². The van der Waals surface area contributed by atoms with Crippen molar-refractivity contribution in [2.45, 2.75) is 69.9 Å². The molecule has 3 fully saturated rings. The minimum absolute atomic E-state index is 0.0444. The van der Waals surface area contributed by atoms with E-state index in [9.17, 15) is 9.59 Å². The van der Waals surface area contributed by atoms with E-state index in [4.69, 9.17) is 0 Å². The maximum Gasteiger partial charge on any atom is 0.274 e. The molecular formula is C18H25N3O2S. The lowest BCUT2D eigenvalue weighted by molar-refractivity contribution is -0.146. The van der Waals surface area contributed by atoms with E-state index in [0.717, 1.165) is 62.9 Å². The summed E-state index contributed by atoms with van der Waals surface area (Å²) in [5, 5.41) is 2.88. The van der Waals surface area contributed by atoms with Gasteiger partial charge in [0.25, 0.3) is 5.91 Å². The van der Waals surface area contributed by atoms with Crippen molar-refractivity contribution in [3.05, 3.63) is 16.1 Å². The second-order valence-corrected chi connectivity index (χ2v) is 8.24. The molecule has 3 heterocycles. The number of nitrogens with zero attached hydrogens (tertiary/aromatic N) is 3. The molecule has 1 saturated carbocycles. The van der Waals surface area contributed by atoms with Crippen LogP contribution >= 0.6 is 11.3 Å². The number of aryl methyl sites for hydroxylation is 1. The molecule has 5 nitrogen and oxygen atoms in total. The van der Waals surface area contributed by atoms with Crippen LogP contribution in [0.15, 0.2) is 5.38 Å². The van der Waals surface area contributed by atoms with E-state index in [1.807, 2.05) is 10.3 Å². The molecular weight excluding hydrogens is 322 g/mol. The van der Waals surface area contributed by atoms with Crippen molar-refractivity contribution in [3.63, 3.8) is 0 Å². The molecule has 0 radical (unpaired) electrons. The monoisotopic (exact) mass is 347 g/mol. The van der Waals surface area contributed by atoms with Crippen LogP contribution in [-0.4, -0.2) is 51.3 Å². The molecule has 6 heteroatoms. The van der Waals surface area contributed by atoms with Crippen LogP contribution in [0.2, 0.25) is 0 Å². The van der Waals surface area contributed by atoms with Gasteiger partial charge in [0, 0.05) is 24.5 Å². The Morgan fingerprint density at radius 1 is 1.33 bits per heavy atom. The molecule has 0 N–H and O–H groups in total. The number of aromatic nitrogens is 1. The molecule has 4 rings (SSSR count). The number of hydrogen-bond acceptors (Lipinski definition) is 4. The summed E-state index contributed by atoms with van der Waals surface area (Å²) < 4.78 is 0. The van der Waals surface area contributed by atoms with Gasteiger partial charge in [-0.2, -0.15) is 0 Å². The molecule has 1 aromatic rings. The zero-order valence-electron chi connectivity index (χ0n) is 14.3. The third kappa shape index (κ3) is 2.55. The smallest absolute Gasteiger partial charge is 0.274 e. The lowest BCUT2D eigenvalue weighted by Gasteiger charge is -2.44. The Morgan fingerprint density at radius 3 is 2.79 bits per heavy atom. The fraction of sp³-hybridized carbons (Fsp3) is 0.722. The number of thiazole rings is 1. The maximum absolute atomic E-state index is 13.2. The summed E-state index contributed by atoms with van der Waals surface area (Å²) in [6.45, 7) is 3.67. The van der Waals surface area contributed by atoms with Gasteiger partial charge in [-0.15, -0.1) is 11.3 Å². The van der Waals surface area contributed by atoms with E-state index in [1.54, 1.807) is 11.3 Å². The lowest BCUT2D eigenvalue weighted by atomic mass is 9.85. The molecule has 1 aliphatic carbocycles. The molecule has 1 aromatic heterocycles. The second kappa shape index (κ2) is 6.14. The molecule has 1 atom stereocenters. The number of amides is 2. The Hall–Kier alpha value is -1.43. The summed E-state index contributed by atoms with van der Waals surface area (Å²) >= 11 is 1.56. The van der Waals surface area contributed by atoms with Crippen molar-refractivity contribution in [3.8, 4) is 0 Å². The van der Waals surface area contributed by atoms with E-state index >= 15 is 0 Å². The van der Waals surface area contributed by atoms with Crippen LogP contribution in [0.3, 0.4) is 0 Å². The first kappa shape index (κ1) is 16.1. The summed E-state index contributed by atoms with van der Waals surface area (Å²) in [6, 6.07) is 0.433. The van der Waals surface area contributed by atoms with Crippen LogP contribution in [0, 0.1) is 0 Å². The van der Waals surface area contributed by atoms with Crippen molar-refractivity contribution in [2.24, 2.45) is 0 Å². The molecule has 130 valence electrons. The fourth-order valence-electron chi connectivity index (χ4n) is 4.29. The van der Waals surface area contributed by atoms with Crippen molar-refractivity contribution in [1.29, 1.82) is 0 Å². The first-order valence-corrected chi connectivity index (χ1v) is 10.1. The van der Waals surface area contributed by atoms with Crippen LogP contribution in [0.4, 0.5) is 0 Å². The largest absolute Gasteiger partial charge is 0.338 e. The zero-order chi connectivity index (χ0) is 16.7. The van der Waals surface area contributed by atoms with E-state index in [0.29, 0.717) is 18.3 Å². The first-order chi connectivity index (χ1) is 11.7. The third-order valence-corrected chi connectivity index (χ3v) is 6.51. The van der Waals surface area contributed by atoms with E-state index in [-0.39, 0.29) is 11.8 Å². The first-order valence-electron chi connectivity index (χ1n) is 9.23. The number of carbonyl (C=O) groups is 2. The summed E-state index contributed by atoms with van der Waals surface area (Å²) in [7, 11) is 0. The van der Waals surface area contributed by atoms with Crippen molar-refractivity contribution in [2.75, 3.05) is 13.1 Å². The van der Waals surface area contributed by atoms with E-state index in [2.05, 4.69) is 16.8 Å². The normalized spacial score (nSPS) is 27.3. The third-order valence-electron chi connectivity index (χ3n) is 5.60. The van der Waals surface area contributed by atoms with Gasteiger partial charge in [0.2, 0.25) is 5.91 Å². The number of piperidine rings is 1. The van der Waals surface area contributed by atoms with Gasteiger partial charge in [-0.05, 0) is 51.4 Å². The van der Waals surface area contributed by atoms with E-state index < -0.39 is 5.54 Å². The predicted octanol–water partition coefficient (Wildman–Crippen LogP) is 2.86. The average molecular weight is 347 g/mol. The molecule has 0 bridgehead atoms. The Morgan fingerprint density at radius 2 is 2.08 bits per heavy atom. The van der Waals surface area contributed by atoms with Crippen molar-refractivity contribution < 1.29 is 9.59 Å². The molecule has 2 saturated heterocycles. The Labute approximate surface area is 147 Å². The summed E-state index contributed by atoms with van der Waals surface area (Å²) in [4.78, 5) is 34.7. The Balaban J connectivity index is 1.59. The summed E-state index contributed by atoms with van der Waals surface area (Å²) in [5.41, 5.74) is -0.0620. The quantitative estimate of drug-likeness (QED) is 0.841. The molecule has 3 aliphatic rings. The zero-order valence-corrected chi connectivity index (χ0v) is 15.1. The van der Waals surface area contributed by atoms with Gasteiger partial charge >= 0.3 is 0 Å². The maximum atomic E-state index is 13.2. The summed E-state index contributed by atoms with van der Waals surface area (Å²) in [5.74, 6) is 0.156. The second-order valence-electron chi connectivity index (χ2n) is 7.30. The topological polar surface area (TPSA) is 53.5 Å². The van der Waals surface area contributed by atoms with Crippen molar-refractivity contribution >= 4 is 23.2 Å². The Bertz CT molecular complexity index is 654. The molecule has 2 amide bonds. The summed E-state index contributed by atoms with van der Waals surface area (Å²) in [6.07, 6.45) is 7.75. The Kier molecular flexibility index (Phi) is 4.11. The number of rotatable bonds is 4. The SMILES string of the molecule is CCCc1nc(C(=O)N2CCCC23CCCN(C2CC2)C3=O)cs1. The highest BCUT2D eigenvalue weighted by atomic mass is 32.1. The molecule has 2 aliphatic heterocycles. The minimum Gasteiger partial charge on any atom is -0.338 e. The standard InChI is InChI=1S/C18H25N3O2S/c1-2-5-15-19-14(12-24-15)16(22)21-11-4-9-18(21)8-3-10-20(17(18)23)13-6-7-13/h12-13H,2-11H2,1H3. The van der Waals surface area contributed by atoms with Crippen LogP contribution in [0.25, 0.3) is 0 Å². The number of likely N-dealkylation sites (tertiary alicyclic amines) is 2. The van der Waals surface area contributed by atoms with Gasteiger partial charge in [0.15, 0.2) is 0 Å².